The fraction of sp³-hybridized carbons (Fsp3) is 0.429. The molecular weight excluding hydrogens is 442 g/mol. The third kappa shape index (κ3) is 7.01. The molecule has 35 heavy (non-hydrogen) atoms. The zero-order valence-electron chi connectivity index (χ0n) is 21.2. The molecule has 0 amide bonds. The molecule has 0 saturated carbocycles. The van der Waals surface area contributed by atoms with Gasteiger partial charge in [0.15, 0.2) is 5.78 Å². The first-order chi connectivity index (χ1) is 16.6. The predicted molar refractivity (Wildman–Crippen MR) is 137 cm³/mol. The van der Waals surface area contributed by atoms with Crippen molar-refractivity contribution in [2.75, 3.05) is 5.32 Å². The Kier molecular flexibility index (Phi) is 8.43. The zero-order valence-corrected chi connectivity index (χ0v) is 21.2. The Morgan fingerprint density at radius 2 is 1.66 bits per heavy atom. The maximum absolute atomic E-state index is 12.3. The van der Waals surface area contributed by atoms with E-state index in [0.29, 0.717) is 29.7 Å². The van der Waals surface area contributed by atoms with E-state index in [-0.39, 0.29) is 30.1 Å². The van der Waals surface area contributed by atoms with Crippen LogP contribution in [0.25, 0.3) is 11.5 Å². The number of carboxylic acids is 1. The highest BCUT2D eigenvalue weighted by atomic mass is 16.4. The van der Waals surface area contributed by atoms with Gasteiger partial charge in [0.1, 0.15) is 0 Å². The lowest BCUT2D eigenvalue weighted by Crippen LogP contribution is -2.18. The van der Waals surface area contributed by atoms with Crippen molar-refractivity contribution >= 4 is 17.4 Å². The van der Waals surface area contributed by atoms with Crippen molar-refractivity contribution in [2.24, 2.45) is 5.92 Å². The molecule has 1 heterocycles. The Balaban J connectivity index is 1.72. The first kappa shape index (κ1) is 26.1. The summed E-state index contributed by atoms with van der Waals surface area (Å²) in [6.45, 7) is 10.5. The fourth-order valence-electron chi connectivity index (χ4n) is 3.74. The van der Waals surface area contributed by atoms with Crippen molar-refractivity contribution in [2.45, 2.75) is 71.8 Å². The number of aliphatic carboxylic acids is 1. The van der Waals surface area contributed by atoms with Gasteiger partial charge in [-0.1, -0.05) is 53.2 Å². The summed E-state index contributed by atoms with van der Waals surface area (Å²) in [5.41, 5.74) is 3.35. The molecule has 0 bridgehead atoms. The monoisotopic (exact) mass is 477 g/mol. The van der Waals surface area contributed by atoms with E-state index in [1.807, 2.05) is 45.0 Å². The summed E-state index contributed by atoms with van der Waals surface area (Å²) in [4.78, 5) is 23.0. The summed E-state index contributed by atoms with van der Waals surface area (Å²) < 4.78 is 5.87. The second kappa shape index (κ2) is 11.3. The molecule has 7 nitrogen and oxygen atoms in total. The highest BCUT2D eigenvalue weighted by molar-refractivity contribution is 5.96. The minimum absolute atomic E-state index is 0.00496. The third-order valence-electron chi connectivity index (χ3n) is 6.12. The quantitative estimate of drug-likeness (QED) is 0.297. The molecule has 0 spiro atoms. The minimum Gasteiger partial charge on any atom is -0.481 e. The number of hydrogen-bond acceptors (Lipinski definition) is 6. The van der Waals surface area contributed by atoms with Crippen LogP contribution in [0.5, 0.6) is 0 Å². The lowest BCUT2D eigenvalue weighted by atomic mass is 9.91. The average molecular weight is 478 g/mol. The van der Waals surface area contributed by atoms with E-state index in [1.54, 1.807) is 12.1 Å². The number of ketones is 1. The predicted octanol–water partition coefficient (Wildman–Crippen LogP) is 6.67. The lowest BCUT2D eigenvalue weighted by molar-refractivity contribution is -0.137. The molecule has 0 aliphatic carbocycles. The highest BCUT2D eigenvalue weighted by Crippen LogP contribution is 2.31. The van der Waals surface area contributed by atoms with E-state index in [4.69, 9.17) is 9.52 Å². The maximum Gasteiger partial charge on any atom is 0.303 e. The highest BCUT2D eigenvalue weighted by Gasteiger charge is 2.23. The van der Waals surface area contributed by atoms with Gasteiger partial charge in [0.25, 0.3) is 0 Å². The standard InChI is InChI=1S/C28H35N3O4/c1-6-18(2)25(29-22-16-14-19(15-17-22)23(32)8-7-9-24(33)34)20-10-12-21(13-11-20)26-30-31-27(35-26)28(3,4)5/h10-18,25,29H,6-9H2,1-5H3,(H,33,34). The number of nitrogens with zero attached hydrogens (tertiary/aromatic N) is 2. The topological polar surface area (TPSA) is 105 Å². The summed E-state index contributed by atoms with van der Waals surface area (Å²) >= 11 is 0. The van der Waals surface area contributed by atoms with Crippen LogP contribution in [-0.4, -0.2) is 27.1 Å². The first-order valence-electron chi connectivity index (χ1n) is 12.1. The molecule has 186 valence electrons. The normalized spacial score (nSPS) is 13.3. The molecule has 1 aromatic heterocycles. The van der Waals surface area contributed by atoms with Crippen molar-refractivity contribution in [3.05, 3.63) is 65.5 Å². The molecule has 3 rings (SSSR count). The molecular formula is C28H35N3O4. The number of benzene rings is 2. The SMILES string of the molecule is CCC(C)C(Nc1ccc(C(=O)CCCC(=O)O)cc1)c1ccc(-c2nnc(C(C)(C)C)o2)cc1. The first-order valence-corrected chi connectivity index (χ1v) is 12.1. The van der Waals surface area contributed by atoms with Crippen molar-refractivity contribution in [3.63, 3.8) is 0 Å². The number of carbonyl (C=O) groups is 2. The average Bonchev–Trinajstić information content (AvgIpc) is 3.33. The summed E-state index contributed by atoms with van der Waals surface area (Å²) in [6, 6.07) is 15.7. The van der Waals surface area contributed by atoms with Gasteiger partial charge in [-0.3, -0.25) is 9.59 Å². The fourth-order valence-corrected chi connectivity index (χ4v) is 3.74. The second-order valence-corrected chi connectivity index (χ2v) is 10.0. The van der Waals surface area contributed by atoms with Crippen LogP contribution < -0.4 is 5.32 Å². The number of carbonyl (C=O) groups excluding carboxylic acids is 1. The van der Waals surface area contributed by atoms with Crippen molar-refractivity contribution in [1.29, 1.82) is 0 Å². The number of anilines is 1. The number of hydrogen-bond donors (Lipinski definition) is 2. The van der Waals surface area contributed by atoms with E-state index in [0.717, 1.165) is 23.2 Å². The van der Waals surface area contributed by atoms with Crippen LogP contribution in [0.1, 0.15) is 88.2 Å². The summed E-state index contributed by atoms with van der Waals surface area (Å²) in [5, 5.41) is 20.8. The van der Waals surface area contributed by atoms with Crippen LogP contribution in [0.2, 0.25) is 0 Å². The lowest BCUT2D eigenvalue weighted by Gasteiger charge is -2.26. The maximum atomic E-state index is 12.3. The number of nitrogens with one attached hydrogen (secondary N) is 1. The Labute approximate surface area is 207 Å². The van der Waals surface area contributed by atoms with Gasteiger partial charge in [-0.2, -0.15) is 0 Å². The van der Waals surface area contributed by atoms with Gasteiger partial charge >= 0.3 is 5.97 Å². The van der Waals surface area contributed by atoms with Crippen LogP contribution >= 0.6 is 0 Å². The van der Waals surface area contributed by atoms with Crippen LogP contribution in [0.15, 0.2) is 52.9 Å². The molecule has 2 aromatic carbocycles. The van der Waals surface area contributed by atoms with E-state index >= 15 is 0 Å². The van der Waals surface area contributed by atoms with Gasteiger partial charge in [-0.25, -0.2) is 0 Å². The van der Waals surface area contributed by atoms with Gasteiger partial charge < -0.3 is 14.8 Å². The largest absolute Gasteiger partial charge is 0.481 e. The number of aromatic nitrogens is 2. The number of rotatable bonds is 11. The van der Waals surface area contributed by atoms with Crippen LogP contribution in [0.4, 0.5) is 5.69 Å². The molecule has 0 radical (unpaired) electrons. The van der Waals surface area contributed by atoms with Gasteiger partial charge in [-0.05, 0) is 54.3 Å². The van der Waals surface area contributed by atoms with E-state index in [2.05, 4.69) is 41.5 Å². The second-order valence-electron chi connectivity index (χ2n) is 10.0. The van der Waals surface area contributed by atoms with E-state index in [9.17, 15) is 9.59 Å². The molecule has 2 N–H and O–H groups in total. The Bertz CT molecular complexity index is 1130. The minimum atomic E-state index is -0.881. The molecule has 3 aromatic rings. The third-order valence-corrected chi connectivity index (χ3v) is 6.12. The van der Waals surface area contributed by atoms with Gasteiger partial charge in [0, 0.05) is 35.1 Å². The van der Waals surface area contributed by atoms with Crippen LogP contribution in [0.3, 0.4) is 0 Å². The van der Waals surface area contributed by atoms with Crippen molar-refractivity contribution < 1.29 is 19.1 Å². The number of carboxylic acid groups (broad SMARTS) is 1. The molecule has 0 aliphatic heterocycles. The number of Topliss-reactive ketones (excluding diaryl/α,β-unsaturated/α-hetero) is 1. The van der Waals surface area contributed by atoms with E-state index < -0.39 is 5.97 Å². The Morgan fingerprint density at radius 1 is 1.00 bits per heavy atom. The molecule has 0 saturated heterocycles. The van der Waals surface area contributed by atoms with Gasteiger partial charge in [-0.15, -0.1) is 10.2 Å². The molecule has 2 unspecified atom stereocenters. The molecule has 7 heteroatoms. The summed E-state index contributed by atoms with van der Waals surface area (Å²) in [6.07, 6.45) is 1.59. The Morgan fingerprint density at radius 3 is 2.20 bits per heavy atom. The van der Waals surface area contributed by atoms with Gasteiger partial charge in [0.2, 0.25) is 11.8 Å². The van der Waals surface area contributed by atoms with Crippen molar-refractivity contribution in [3.8, 4) is 11.5 Å². The van der Waals surface area contributed by atoms with E-state index in [1.165, 1.54) is 0 Å². The Hall–Kier alpha value is -3.48. The molecule has 0 aliphatic rings. The van der Waals surface area contributed by atoms with Crippen LogP contribution in [0, 0.1) is 5.92 Å². The van der Waals surface area contributed by atoms with Crippen molar-refractivity contribution in [1.82, 2.24) is 10.2 Å². The molecule has 0 fully saturated rings. The van der Waals surface area contributed by atoms with Gasteiger partial charge in [0.05, 0.1) is 6.04 Å². The smallest absolute Gasteiger partial charge is 0.303 e. The zero-order chi connectivity index (χ0) is 25.6. The summed E-state index contributed by atoms with van der Waals surface area (Å²) in [7, 11) is 0. The van der Waals surface area contributed by atoms with Crippen LogP contribution in [-0.2, 0) is 10.2 Å². The molecule has 2 atom stereocenters. The summed E-state index contributed by atoms with van der Waals surface area (Å²) in [5.74, 6) is 0.572.